The zero-order chi connectivity index (χ0) is 15.5. The number of benzene rings is 2. The Bertz CT molecular complexity index is 760. The highest BCUT2D eigenvalue weighted by Crippen LogP contribution is 2.22. The van der Waals surface area contributed by atoms with Crippen LogP contribution in [0, 0.1) is 10.1 Å². The van der Waals surface area contributed by atoms with Crippen molar-refractivity contribution in [1.82, 2.24) is 4.72 Å². The molecule has 0 aromatic heterocycles. The van der Waals surface area contributed by atoms with Crippen LogP contribution in [0.1, 0.15) is 5.56 Å². The number of para-hydroxylation sites is 1. The van der Waals surface area contributed by atoms with E-state index in [1.165, 1.54) is 18.2 Å². The molecule has 0 fully saturated rings. The van der Waals surface area contributed by atoms with Crippen molar-refractivity contribution < 1.29 is 13.3 Å². The number of nitro benzene ring substituents is 1. The van der Waals surface area contributed by atoms with Crippen molar-refractivity contribution in [2.75, 3.05) is 0 Å². The fourth-order valence-electron chi connectivity index (χ4n) is 1.69. The van der Waals surface area contributed by atoms with Gasteiger partial charge < -0.3 is 0 Å². The Labute approximate surface area is 130 Å². The lowest BCUT2D eigenvalue weighted by atomic mass is 10.2. The number of sulfonamides is 1. The first-order chi connectivity index (χ1) is 9.90. The second-order valence-electron chi connectivity index (χ2n) is 4.18. The molecule has 1 N–H and O–H groups in total. The van der Waals surface area contributed by atoms with Crippen molar-refractivity contribution in [1.29, 1.82) is 0 Å². The Balaban J connectivity index is 2.23. The maximum absolute atomic E-state index is 12.2. The summed E-state index contributed by atoms with van der Waals surface area (Å²) >= 11 is 3.28. The Morgan fingerprint density at radius 3 is 2.33 bits per heavy atom. The summed E-state index contributed by atoms with van der Waals surface area (Å²) in [6.07, 6.45) is 0. The third-order valence-electron chi connectivity index (χ3n) is 2.73. The summed E-state index contributed by atoms with van der Waals surface area (Å²) < 4.78 is 27.6. The lowest BCUT2D eigenvalue weighted by Crippen LogP contribution is -2.24. The Morgan fingerprint density at radius 1 is 1.10 bits per heavy atom. The summed E-state index contributed by atoms with van der Waals surface area (Å²) in [6.45, 7) is 0.0572. The maximum atomic E-state index is 12.2. The van der Waals surface area contributed by atoms with Gasteiger partial charge in [0, 0.05) is 17.1 Å². The molecule has 0 heterocycles. The predicted octanol–water partition coefficient (Wildman–Crippen LogP) is 2.84. The Hall–Kier alpha value is -1.77. The highest BCUT2D eigenvalue weighted by atomic mass is 79.9. The van der Waals surface area contributed by atoms with E-state index in [1.54, 1.807) is 24.3 Å². The maximum Gasteiger partial charge on any atom is 0.289 e. The van der Waals surface area contributed by atoms with E-state index in [1.807, 2.05) is 0 Å². The fourth-order valence-corrected chi connectivity index (χ4v) is 3.15. The number of hydrogen-bond acceptors (Lipinski definition) is 4. The van der Waals surface area contributed by atoms with Gasteiger partial charge >= 0.3 is 0 Å². The minimum atomic E-state index is -3.95. The summed E-state index contributed by atoms with van der Waals surface area (Å²) in [5.41, 5.74) is 0.307. The second kappa shape index (κ2) is 6.33. The van der Waals surface area contributed by atoms with Crippen LogP contribution in [-0.4, -0.2) is 13.3 Å². The molecule has 8 heteroatoms. The number of rotatable bonds is 5. The summed E-state index contributed by atoms with van der Waals surface area (Å²) in [5, 5.41) is 10.9. The molecule has 110 valence electrons. The van der Waals surface area contributed by atoms with E-state index >= 15 is 0 Å². The van der Waals surface area contributed by atoms with Crippen LogP contribution in [0.5, 0.6) is 0 Å². The fraction of sp³-hybridized carbons (Fsp3) is 0.0769. The minimum Gasteiger partial charge on any atom is -0.258 e. The minimum absolute atomic E-state index is 0.0572. The zero-order valence-electron chi connectivity index (χ0n) is 10.7. The first-order valence-corrected chi connectivity index (χ1v) is 8.15. The lowest BCUT2D eigenvalue weighted by molar-refractivity contribution is -0.387. The SMILES string of the molecule is O=[N+]([O-])c1ccccc1S(=O)(=O)NCc1ccc(Br)cc1. The van der Waals surface area contributed by atoms with Gasteiger partial charge in [-0.05, 0) is 23.8 Å². The van der Waals surface area contributed by atoms with Crippen molar-refractivity contribution in [2.45, 2.75) is 11.4 Å². The molecule has 2 aromatic carbocycles. The van der Waals surface area contributed by atoms with Gasteiger partial charge in [-0.25, -0.2) is 13.1 Å². The summed E-state index contributed by atoms with van der Waals surface area (Å²) in [5.74, 6) is 0. The molecule has 2 rings (SSSR count). The normalized spacial score (nSPS) is 11.3. The van der Waals surface area contributed by atoms with Gasteiger partial charge in [-0.15, -0.1) is 0 Å². The van der Waals surface area contributed by atoms with Crippen LogP contribution in [0.2, 0.25) is 0 Å². The zero-order valence-corrected chi connectivity index (χ0v) is 13.1. The molecule has 0 radical (unpaired) electrons. The predicted molar refractivity (Wildman–Crippen MR) is 81.3 cm³/mol. The van der Waals surface area contributed by atoms with Gasteiger partial charge in [-0.2, -0.15) is 0 Å². The van der Waals surface area contributed by atoms with Gasteiger partial charge in [0.25, 0.3) is 5.69 Å². The molecule has 0 atom stereocenters. The topological polar surface area (TPSA) is 89.3 Å². The smallest absolute Gasteiger partial charge is 0.258 e. The van der Waals surface area contributed by atoms with E-state index in [2.05, 4.69) is 20.7 Å². The van der Waals surface area contributed by atoms with Crippen molar-refractivity contribution >= 4 is 31.6 Å². The quantitative estimate of drug-likeness (QED) is 0.647. The van der Waals surface area contributed by atoms with Crippen LogP contribution in [0.15, 0.2) is 57.9 Å². The summed E-state index contributed by atoms with van der Waals surface area (Å²) in [7, 11) is -3.95. The van der Waals surface area contributed by atoms with E-state index in [-0.39, 0.29) is 11.4 Å². The van der Waals surface area contributed by atoms with Gasteiger partial charge in [0.1, 0.15) is 0 Å². The van der Waals surface area contributed by atoms with Crippen molar-refractivity contribution in [3.8, 4) is 0 Å². The number of nitrogens with one attached hydrogen (secondary N) is 1. The molecule has 6 nitrogen and oxygen atoms in total. The molecule has 0 aliphatic rings. The molecular formula is C13H11BrN2O4S. The number of nitro groups is 1. The van der Waals surface area contributed by atoms with E-state index in [0.717, 1.165) is 16.1 Å². The standard InChI is InChI=1S/C13H11BrN2O4S/c14-11-7-5-10(6-8-11)9-15-21(19,20)13-4-2-1-3-12(13)16(17)18/h1-8,15H,9H2. The molecule has 0 unspecified atom stereocenters. The van der Waals surface area contributed by atoms with Gasteiger partial charge in [-0.3, -0.25) is 10.1 Å². The van der Waals surface area contributed by atoms with Gasteiger partial charge in [0.2, 0.25) is 10.0 Å². The Kier molecular flexibility index (Phi) is 4.71. The van der Waals surface area contributed by atoms with Crippen LogP contribution >= 0.6 is 15.9 Å². The number of nitrogens with zero attached hydrogens (tertiary/aromatic N) is 1. The van der Waals surface area contributed by atoms with Gasteiger partial charge in [-0.1, -0.05) is 40.2 Å². The van der Waals surface area contributed by atoms with Crippen molar-refractivity contribution in [3.05, 3.63) is 68.7 Å². The second-order valence-corrected chi connectivity index (χ2v) is 6.83. The van der Waals surface area contributed by atoms with Gasteiger partial charge in [0.05, 0.1) is 4.92 Å². The van der Waals surface area contributed by atoms with Crippen molar-refractivity contribution in [3.63, 3.8) is 0 Å². The molecule has 2 aromatic rings. The molecule has 0 saturated carbocycles. The van der Waals surface area contributed by atoms with E-state index < -0.39 is 20.6 Å². The first kappa shape index (κ1) is 15.6. The van der Waals surface area contributed by atoms with E-state index in [9.17, 15) is 18.5 Å². The van der Waals surface area contributed by atoms with Gasteiger partial charge in [0.15, 0.2) is 4.90 Å². The van der Waals surface area contributed by atoms with Crippen LogP contribution in [0.3, 0.4) is 0 Å². The molecule has 0 saturated heterocycles. The molecule has 0 aliphatic heterocycles. The molecule has 0 spiro atoms. The highest BCUT2D eigenvalue weighted by Gasteiger charge is 2.24. The monoisotopic (exact) mass is 370 g/mol. The first-order valence-electron chi connectivity index (χ1n) is 5.88. The Morgan fingerprint density at radius 2 is 1.71 bits per heavy atom. The average molecular weight is 371 g/mol. The summed E-state index contributed by atoms with van der Waals surface area (Å²) in [4.78, 5) is 9.83. The molecule has 0 aliphatic carbocycles. The van der Waals surface area contributed by atoms with E-state index in [4.69, 9.17) is 0 Å². The van der Waals surface area contributed by atoms with Crippen molar-refractivity contribution in [2.24, 2.45) is 0 Å². The molecule has 0 amide bonds. The molecule has 0 bridgehead atoms. The molecular weight excluding hydrogens is 360 g/mol. The van der Waals surface area contributed by atoms with Crippen LogP contribution < -0.4 is 4.72 Å². The average Bonchev–Trinajstić information content (AvgIpc) is 2.47. The van der Waals surface area contributed by atoms with Crippen LogP contribution in [0.4, 0.5) is 5.69 Å². The van der Waals surface area contributed by atoms with Crippen LogP contribution in [0.25, 0.3) is 0 Å². The van der Waals surface area contributed by atoms with Crippen LogP contribution in [-0.2, 0) is 16.6 Å². The third kappa shape index (κ3) is 3.87. The van der Waals surface area contributed by atoms with E-state index in [0.29, 0.717) is 0 Å². The largest absolute Gasteiger partial charge is 0.289 e. The lowest BCUT2D eigenvalue weighted by Gasteiger charge is -2.07. The summed E-state index contributed by atoms with van der Waals surface area (Å²) in [6, 6.07) is 12.3. The molecule has 21 heavy (non-hydrogen) atoms. The number of halogens is 1. The third-order valence-corrected chi connectivity index (χ3v) is 4.71. The highest BCUT2D eigenvalue weighted by molar-refractivity contribution is 9.10. The number of hydrogen-bond donors (Lipinski definition) is 1.